The molecule has 18 heavy (non-hydrogen) atoms. The molecule has 100 valence electrons. The fourth-order valence-electron chi connectivity index (χ4n) is 1.61. The van der Waals surface area contributed by atoms with Crippen molar-refractivity contribution in [3.05, 3.63) is 30.1 Å². The van der Waals surface area contributed by atoms with Crippen LogP contribution in [0.4, 0.5) is 4.39 Å². The molecule has 0 saturated heterocycles. The molecule has 1 aromatic carbocycles. The van der Waals surface area contributed by atoms with Crippen LogP contribution in [0.2, 0.25) is 0 Å². The van der Waals surface area contributed by atoms with Crippen LogP contribution in [-0.4, -0.2) is 27.5 Å². The topological polar surface area (TPSA) is 58.2 Å². The molecular weight excluding hydrogens is 255 g/mol. The Balaban J connectivity index is 1.79. The van der Waals surface area contributed by atoms with E-state index < -0.39 is 15.8 Å². The van der Waals surface area contributed by atoms with Crippen LogP contribution in [0.15, 0.2) is 29.2 Å². The quantitative estimate of drug-likeness (QED) is 0.734. The number of rotatable bonds is 7. The normalized spacial score (nSPS) is 15.8. The molecule has 0 spiro atoms. The highest BCUT2D eigenvalue weighted by molar-refractivity contribution is 7.89. The molecule has 0 unspecified atom stereocenters. The van der Waals surface area contributed by atoms with Gasteiger partial charge in [-0.25, -0.2) is 17.5 Å². The molecule has 1 fully saturated rings. The van der Waals surface area contributed by atoms with Crippen molar-refractivity contribution in [2.45, 2.75) is 30.2 Å². The predicted octanol–water partition coefficient (Wildman–Crippen LogP) is 1.25. The zero-order chi connectivity index (χ0) is 13.0. The van der Waals surface area contributed by atoms with Crippen molar-refractivity contribution in [1.82, 2.24) is 10.0 Å². The van der Waals surface area contributed by atoms with Gasteiger partial charge in [-0.3, -0.25) is 0 Å². The van der Waals surface area contributed by atoms with Crippen molar-refractivity contribution in [1.29, 1.82) is 0 Å². The van der Waals surface area contributed by atoms with E-state index in [4.69, 9.17) is 0 Å². The van der Waals surface area contributed by atoms with Crippen molar-refractivity contribution in [2.75, 3.05) is 13.1 Å². The molecule has 1 aliphatic carbocycles. The highest BCUT2D eigenvalue weighted by Gasteiger charge is 2.19. The fraction of sp³-hybridized carbons (Fsp3) is 0.500. The van der Waals surface area contributed by atoms with Crippen LogP contribution in [0.5, 0.6) is 0 Å². The van der Waals surface area contributed by atoms with Crippen molar-refractivity contribution < 1.29 is 12.8 Å². The molecule has 6 heteroatoms. The summed E-state index contributed by atoms with van der Waals surface area (Å²) in [6.07, 6.45) is 3.16. The molecule has 0 radical (unpaired) electrons. The van der Waals surface area contributed by atoms with Crippen LogP contribution in [-0.2, 0) is 10.0 Å². The molecule has 4 nitrogen and oxygen atoms in total. The van der Waals surface area contributed by atoms with Gasteiger partial charge in [0.05, 0.1) is 4.90 Å². The van der Waals surface area contributed by atoms with Crippen molar-refractivity contribution in [2.24, 2.45) is 0 Å². The SMILES string of the molecule is O=S(=O)(NCCCNC1CC1)c1cccc(F)c1. The van der Waals surface area contributed by atoms with Gasteiger partial charge in [-0.1, -0.05) is 6.07 Å². The summed E-state index contributed by atoms with van der Waals surface area (Å²) in [4.78, 5) is -0.0300. The van der Waals surface area contributed by atoms with Gasteiger partial charge in [0, 0.05) is 12.6 Å². The second kappa shape index (κ2) is 5.77. The lowest BCUT2D eigenvalue weighted by Crippen LogP contribution is -2.28. The largest absolute Gasteiger partial charge is 0.314 e. The Kier molecular flexibility index (Phi) is 4.31. The molecule has 2 rings (SSSR count). The molecule has 0 bridgehead atoms. The van der Waals surface area contributed by atoms with E-state index in [-0.39, 0.29) is 4.90 Å². The lowest BCUT2D eigenvalue weighted by molar-refractivity contribution is 0.570. The third-order valence-corrected chi connectivity index (χ3v) is 4.22. The minimum absolute atomic E-state index is 0.0300. The maximum atomic E-state index is 12.9. The third-order valence-electron chi connectivity index (χ3n) is 2.76. The van der Waals surface area contributed by atoms with Crippen molar-refractivity contribution in [3.63, 3.8) is 0 Å². The molecule has 1 aliphatic rings. The van der Waals surface area contributed by atoms with Gasteiger partial charge in [0.25, 0.3) is 0 Å². The monoisotopic (exact) mass is 272 g/mol. The van der Waals surface area contributed by atoms with E-state index in [1.54, 1.807) is 0 Å². The summed E-state index contributed by atoms with van der Waals surface area (Å²) in [5, 5.41) is 3.30. The summed E-state index contributed by atoms with van der Waals surface area (Å²) >= 11 is 0. The summed E-state index contributed by atoms with van der Waals surface area (Å²) in [6.45, 7) is 1.16. The first-order chi connectivity index (χ1) is 8.58. The number of halogens is 1. The van der Waals surface area contributed by atoms with E-state index >= 15 is 0 Å². The van der Waals surface area contributed by atoms with Crippen LogP contribution in [0.3, 0.4) is 0 Å². The van der Waals surface area contributed by atoms with Gasteiger partial charge < -0.3 is 5.32 Å². The lowest BCUT2D eigenvalue weighted by Gasteiger charge is -2.07. The van der Waals surface area contributed by atoms with Gasteiger partial charge in [0.2, 0.25) is 10.0 Å². The van der Waals surface area contributed by atoms with Crippen LogP contribution in [0.1, 0.15) is 19.3 Å². The van der Waals surface area contributed by atoms with E-state index in [1.165, 1.54) is 31.0 Å². The molecule has 0 aromatic heterocycles. The average Bonchev–Trinajstić information content (AvgIpc) is 3.12. The van der Waals surface area contributed by atoms with Crippen LogP contribution in [0, 0.1) is 5.82 Å². The van der Waals surface area contributed by atoms with Gasteiger partial charge >= 0.3 is 0 Å². The summed E-state index contributed by atoms with van der Waals surface area (Å²) in [6, 6.07) is 5.64. The zero-order valence-corrected chi connectivity index (χ0v) is 10.8. The first-order valence-electron chi connectivity index (χ1n) is 6.06. The van der Waals surface area contributed by atoms with E-state index in [0.29, 0.717) is 12.6 Å². The van der Waals surface area contributed by atoms with Crippen molar-refractivity contribution in [3.8, 4) is 0 Å². The van der Waals surface area contributed by atoms with Crippen molar-refractivity contribution >= 4 is 10.0 Å². The number of sulfonamides is 1. The highest BCUT2D eigenvalue weighted by Crippen LogP contribution is 2.18. The molecule has 1 saturated carbocycles. The van der Waals surface area contributed by atoms with Crippen LogP contribution < -0.4 is 10.0 Å². The van der Waals surface area contributed by atoms with Gasteiger partial charge in [-0.15, -0.1) is 0 Å². The number of benzene rings is 1. The second-order valence-electron chi connectivity index (χ2n) is 4.44. The molecule has 0 heterocycles. The van der Waals surface area contributed by atoms with Gasteiger partial charge in [-0.05, 0) is 44.0 Å². The summed E-state index contributed by atoms with van der Waals surface area (Å²) < 4.78 is 39.0. The summed E-state index contributed by atoms with van der Waals surface area (Å²) in [7, 11) is -3.59. The maximum absolute atomic E-state index is 12.9. The van der Waals surface area contributed by atoms with E-state index in [0.717, 1.165) is 19.0 Å². The molecule has 0 atom stereocenters. The van der Waals surface area contributed by atoms with Gasteiger partial charge in [0.15, 0.2) is 0 Å². The van der Waals surface area contributed by atoms with E-state index in [2.05, 4.69) is 10.0 Å². The third kappa shape index (κ3) is 4.04. The van der Waals surface area contributed by atoms with E-state index in [9.17, 15) is 12.8 Å². The summed E-state index contributed by atoms with van der Waals surface area (Å²) in [5.74, 6) is -0.548. The van der Waals surface area contributed by atoms with Gasteiger partial charge in [-0.2, -0.15) is 0 Å². The number of hydrogen-bond donors (Lipinski definition) is 2. The Bertz CT molecular complexity index is 501. The number of hydrogen-bond acceptors (Lipinski definition) is 3. The average molecular weight is 272 g/mol. The molecule has 2 N–H and O–H groups in total. The first-order valence-corrected chi connectivity index (χ1v) is 7.55. The first kappa shape index (κ1) is 13.5. The predicted molar refractivity (Wildman–Crippen MR) is 67.2 cm³/mol. The molecule has 0 aliphatic heterocycles. The van der Waals surface area contributed by atoms with Crippen LogP contribution in [0.25, 0.3) is 0 Å². The molecule has 1 aromatic rings. The minimum Gasteiger partial charge on any atom is -0.314 e. The fourth-order valence-corrected chi connectivity index (χ4v) is 2.71. The Morgan fingerprint density at radius 1 is 1.28 bits per heavy atom. The Hall–Kier alpha value is -0.980. The standard InChI is InChI=1S/C12H17FN2O2S/c13-10-3-1-4-12(9-10)18(16,17)15-8-2-7-14-11-5-6-11/h1,3-4,9,11,14-15H,2,5-8H2. The molecule has 0 amide bonds. The second-order valence-corrected chi connectivity index (χ2v) is 6.20. The Labute approximate surface area is 107 Å². The van der Waals surface area contributed by atoms with Crippen LogP contribution >= 0.6 is 0 Å². The Morgan fingerprint density at radius 2 is 2.06 bits per heavy atom. The van der Waals surface area contributed by atoms with E-state index in [1.807, 2.05) is 0 Å². The van der Waals surface area contributed by atoms with Gasteiger partial charge in [0.1, 0.15) is 5.82 Å². The number of nitrogens with one attached hydrogen (secondary N) is 2. The minimum atomic E-state index is -3.59. The smallest absolute Gasteiger partial charge is 0.240 e. The maximum Gasteiger partial charge on any atom is 0.240 e. The molecular formula is C12H17FN2O2S. The zero-order valence-electron chi connectivity index (χ0n) is 10.0. The lowest BCUT2D eigenvalue weighted by atomic mass is 10.4. The Morgan fingerprint density at radius 3 is 2.72 bits per heavy atom. The highest BCUT2D eigenvalue weighted by atomic mass is 32.2. The summed E-state index contributed by atoms with van der Waals surface area (Å²) in [5.41, 5.74) is 0.